The summed E-state index contributed by atoms with van der Waals surface area (Å²) >= 11 is 0. The summed E-state index contributed by atoms with van der Waals surface area (Å²) in [6, 6.07) is 17.9. The van der Waals surface area contributed by atoms with E-state index in [4.69, 9.17) is 9.47 Å². The number of ether oxygens (including phenoxy) is 2. The zero-order chi connectivity index (χ0) is 22.6. The van der Waals surface area contributed by atoms with E-state index in [0.29, 0.717) is 32.8 Å². The normalized spacial score (nSPS) is 20.6. The Hall–Kier alpha value is -2.86. The standard InChI is InChI=1S/C26H32N2O4/c1-20(29)28-15-14-27(19-24(28)22-8-10-23(31-2)11-9-22)25(30)26(12-16-32-17-13-26)18-21-6-4-3-5-7-21/h3-11,24H,12-19H2,1-2H3. The first kappa shape index (κ1) is 22.3. The van der Waals surface area contributed by atoms with Crippen LogP contribution in [0.4, 0.5) is 0 Å². The summed E-state index contributed by atoms with van der Waals surface area (Å²) in [5.74, 6) is 0.991. The van der Waals surface area contributed by atoms with Gasteiger partial charge in [-0.25, -0.2) is 0 Å². The molecule has 2 aliphatic rings. The molecular formula is C26H32N2O4. The smallest absolute Gasteiger partial charge is 0.229 e. The molecule has 2 fully saturated rings. The molecule has 0 N–H and O–H groups in total. The quantitative estimate of drug-likeness (QED) is 0.720. The van der Waals surface area contributed by atoms with Crippen molar-refractivity contribution in [1.29, 1.82) is 0 Å². The molecule has 6 nitrogen and oxygen atoms in total. The van der Waals surface area contributed by atoms with Crippen molar-refractivity contribution < 1.29 is 19.1 Å². The Balaban J connectivity index is 1.59. The van der Waals surface area contributed by atoms with Crippen LogP contribution in [0.2, 0.25) is 0 Å². The van der Waals surface area contributed by atoms with E-state index in [2.05, 4.69) is 12.1 Å². The molecule has 2 aliphatic heterocycles. The van der Waals surface area contributed by atoms with Crippen LogP contribution in [0.25, 0.3) is 0 Å². The van der Waals surface area contributed by atoms with Gasteiger partial charge < -0.3 is 19.3 Å². The van der Waals surface area contributed by atoms with Crippen molar-refractivity contribution in [2.45, 2.75) is 32.2 Å². The first-order valence-corrected chi connectivity index (χ1v) is 11.3. The zero-order valence-electron chi connectivity index (χ0n) is 19.0. The van der Waals surface area contributed by atoms with Gasteiger partial charge in [0, 0.05) is 39.8 Å². The number of piperazine rings is 1. The van der Waals surface area contributed by atoms with Crippen molar-refractivity contribution in [3.05, 3.63) is 65.7 Å². The van der Waals surface area contributed by atoms with E-state index in [1.54, 1.807) is 14.0 Å². The number of carbonyl (C=O) groups is 2. The number of benzene rings is 2. The van der Waals surface area contributed by atoms with E-state index in [1.807, 2.05) is 52.3 Å². The summed E-state index contributed by atoms with van der Waals surface area (Å²) in [4.78, 5) is 30.2. The second kappa shape index (κ2) is 9.74. The van der Waals surface area contributed by atoms with Gasteiger partial charge in [-0.2, -0.15) is 0 Å². The summed E-state index contributed by atoms with van der Waals surface area (Å²) in [6.45, 7) is 4.41. The highest BCUT2D eigenvalue weighted by Crippen LogP contribution is 2.38. The molecule has 2 aromatic rings. The van der Waals surface area contributed by atoms with E-state index >= 15 is 0 Å². The molecule has 0 aromatic heterocycles. The fourth-order valence-electron chi connectivity index (χ4n) is 5.01. The molecule has 2 amide bonds. The van der Waals surface area contributed by atoms with Crippen LogP contribution in [0.3, 0.4) is 0 Å². The monoisotopic (exact) mass is 436 g/mol. The van der Waals surface area contributed by atoms with Crippen LogP contribution in [-0.2, 0) is 20.7 Å². The average Bonchev–Trinajstić information content (AvgIpc) is 2.84. The number of hydrogen-bond acceptors (Lipinski definition) is 4. The molecular weight excluding hydrogens is 404 g/mol. The summed E-state index contributed by atoms with van der Waals surface area (Å²) in [7, 11) is 1.64. The molecule has 1 atom stereocenters. The van der Waals surface area contributed by atoms with Gasteiger partial charge in [0.2, 0.25) is 11.8 Å². The molecule has 6 heteroatoms. The lowest BCUT2D eigenvalue weighted by atomic mass is 9.73. The predicted octanol–water partition coefficient (Wildman–Crippen LogP) is 3.47. The molecule has 0 radical (unpaired) electrons. The molecule has 170 valence electrons. The minimum absolute atomic E-state index is 0.0305. The van der Waals surface area contributed by atoms with Crippen LogP contribution in [0, 0.1) is 5.41 Å². The first-order valence-electron chi connectivity index (χ1n) is 11.3. The van der Waals surface area contributed by atoms with Crippen LogP contribution in [-0.4, -0.2) is 61.6 Å². The number of nitrogens with zero attached hydrogens (tertiary/aromatic N) is 2. The minimum atomic E-state index is -0.456. The minimum Gasteiger partial charge on any atom is -0.497 e. The molecule has 0 spiro atoms. The van der Waals surface area contributed by atoms with E-state index in [0.717, 1.165) is 30.6 Å². The van der Waals surface area contributed by atoms with E-state index in [-0.39, 0.29) is 17.9 Å². The molecule has 0 aliphatic carbocycles. The van der Waals surface area contributed by atoms with Crippen molar-refractivity contribution in [2.75, 3.05) is 40.0 Å². The lowest BCUT2D eigenvalue weighted by Crippen LogP contribution is -2.56. The van der Waals surface area contributed by atoms with Gasteiger partial charge in [-0.15, -0.1) is 0 Å². The highest BCUT2D eigenvalue weighted by Gasteiger charge is 2.44. The van der Waals surface area contributed by atoms with Crippen molar-refractivity contribution in [1.82, 2.24) is 9.80 Å². The van der Waals surface area contributed by atoms with Gasteiger partial charge in [-0.3, -0.25) is 9.59 Å². The van der Waals surface area contributed by atoms with Gasteiger partial charge in [0.05, 0.1) is 18.6 Å². The third kappa shape index (κ3) is 4.65. The van der Waals surface area contributed by atoms with Crippen LogP contribution in [0.1, 0.15) is 36.9 Å². The molecule has 0 bridgehead atoms. The lowest BCUT2D eigenvalue weighted by molar-refractivity contribution is -0.154. The average molecular weight is 437 g/mol. The topological polar surface area (TPSA) is 59.1 Å². The number of carbonyl (C=O) groups excluding carboxylic acids is 2. The van der Waals surface area contributed by atoms with E-state index in [1.165, 1.54) is 5.56 Å². The maximum absolute atomic E-state index is 14.0. The lowest BCUT2D eigenvalue weighted by Gasteiger charge is -2.46. The molecule has 0 saturated carbocycles. The van der Waals surface area contributed by atoms with Crippen LogP contribution < -0.4 is 4.74 Å². The van der Waals surface area contributed by atoms with Crippen molar-refractivity contribution in [3.63, 3.8) is 0 Å². The van der Waals surface area contributed by atoms with Crippen LogP contribution >= 0.6 is 0 Å². The predicted molar refractivity (Wildman–Crippen MR) is 122 cm³/mol. The fraction of sp³-hybridized carbons (Fsp3) is 0.462. The second-order valence-electron chi connectivity index (χ2n) is 8.81. The van der Waals surface area contributed by atoms with E-state index in [9.17, 15) is 9.59 Å². The maximum atomic E-state index is 14.0. The number of amides is 2. The maximum Gasteiger partial charge on any atom is 0.229 e. The number of methoxy groups -OCH3 is 1. The highest BCUT2D eigenvalue weighted by atomic mass is 16.5. The Bertz CT molecular complexity index is 923. The third-order valence-electron chi connectivity index (χ3n) is 6.86. The number of rotatable bonds is 5. The first-order chi connectivity index (χ1) is 15.5. The van der Waals surface area contributed by atoms with Crippen molar-refractivity contribution in [2.24, 2.45) is 5.41 Å². The Morgan fingerprint density at radius 1 is 1.03 bits per heavy atom. The van der Waals surface area contributed by atoms with Crippen molar-refractivity contribution >= 4 is 11.8 Å². The van der Waals surface area contributed by atoms with Crippen LogP contribution in [0.15, 0.2) is 54.6 Å². The summed E-state index contributed by atoms with van der Waals surface area (Å²) < 4.78 is 10.9. The molecule has 32 heavy (non-hydrogen) atoms. The molecule has 4 rings (SSSR count). The highest BCUT2D eigenvalue weighted by molar-refractivity contribution is 5.84. The second-order valence-corrected chi connectivity index (χ2v) is 8.81. The van der Waals surface area contributed by atoms with Crippen LogP contribution in [0.5, 0.6) is 5.75 Å². The fourth-order valence-corrected chi connectivity index (χ4v) is 5.01. The Morgan fingerprint density at radius 2 is 1.72 bits per heavy atom. The van der Waals surface area contributed by atoms with Gasteiger partial charge in [0.25, 0.3) is 0 Å². The summed E-state index contributed by atoms with van der Waals surface area (Å²) in [6.07, 6.45) is 2.16. The largest absolute Gasteiger partial charge is 0.497 e. The summed E-state index contributed by atoms with van der Waals surface area (Å²) in [5, 5.41) is 0. The summed E-state index contributed by atoms with van der Waals surface area (Å²) in [5.41, 5.74) is 1.74. The molecule has 2 aromatic carbocycles. The molecule has 2 heterocycles. The van der Waals surface area contributed by atoms with Gasteiger partial charge in [-0.1, -0.05) is 42.5 Å². The van der Waals surface area contributed by atoms with Gasteiger partial charge in [-0.05, 0) is 42.5 Å². The van der Waals surface area contributed by atoms with Crippen molar-refractivity contribution in [3.8, 4) is 5.75 Å². The Labute approximate surface area is 190 Å². The number of hydrogen-bond donors (Lipinski definition) is 0. The SMILES string of the molecule is COc1ccc(C2CN(C(=O)C3(Cc4ccccc4)CCOCC3)CCN2C(C)=O)cc1. The molecule has 2 saturated heterocycles. The van der Waals surface area contributed by atoms with Gasteiger partial charge >= 0.3 is 0 Å². The zero-order valence-corrected chi connectivity index (χ0v) is 19.0. The Morgan fingerprint density at radius 3 is 2.34 bits per heavy atom. The van der Waals surface area contributed by atoms with Gasteiger partial charge in [0.15, 0.2) is 0 Å². The molecule has 1 unspecified atom stereocenters. The third-order valence-corrected chi connectivity index (χ3v) is 6.86. The van der Waals surface area contributed by atoms with E-state index < -0.39 is 5.41 Å². The van der Waals surface area contributed by atoms with Gasteiger partial charge in [0.1, 0.15) is 5.75 Å². The Kier molecular flexibility index (Phi) is 6.80.